The van der Waals surface area contributed by atoms with Gasteiger partial charge in [-0.05, 0) is 36.1 Å². The van der Waals surface area contributed by atoms with Crippen molar-refractivity contribution in [1.29, 1.82) is 0 Å². The second kappa shape index (κ2) is 3.81. The van der Waals surface area contributed by atoms with Crippen molar-refractivity contribution < 1.29 is 4.79 Å². The number of nitrogens with zero attached hydrogens (tertiary/aromatic N) is 1. The molecule has 1 aromatic carbocycles. The van der Waals surface area contributed by atoms with E-state index in [1.807, 2.05) is 19.1 Å². The SMILES string of the molecule is CNC(=O)c1cc(C)c2cnc(N)cc2c1. The molecule has 0 unspecified atom stereocenters. The molecule has 1 aromatic heterocycles. The zero-order valence-electron chi connectivity index (χ0n) is 9.24. The Balaban J connectivity index is 2.69. The molecule has 0 fully saturated rings. The standard InChI is InChI=1S/C12H13N3O/c1-7-3-9(12(16)14-2)4-8-5-11(13)15-6-10(7)8/h3-6H,1-2H3,(H2,13,15)(H,14,16). The van der Waals surface area contributed by atoms with Crippen LogP contribution in [0.25, 0.3) is 10.8 Å². The summed E-state index contributed by atoms with van der Waals surface area (Å²) in [6.45, 7) is 1.95. The molecule has 82 valence electrons. The van der Waals surface area contributed by atoms with Gasteiger partial charge in [0, 0.05) is 24.2 Å². The molecule has 2 aromatic rings. The van der Waals surface area contributed by atoms with E-state index in [2.05, 4.69) is 10.3 Å². The van der Waals surface area contributed by atoms with Crippen LogP contribution in [0.4, 0.5) is 5.82 Å². The van der Waals surface area contributed by atoms with E-state index in [1.54, 1.807) is 19.3 Å². The molecule has 4 nitrogen and oxygen atoms in total. The van der Waals surface area contributed by atoms with Crippen molar-refractivity contribution in [2.45, 2.75) is 6.92 Å². The first-order valence-corrected chi connectivity index (χ1v) is 5.00. The number of nitrogens with two attached hydrogens (primary N) is 1. The molecule has 4 heteroatoms. The van der Waals surface area contributed by atoms with Crippen LogP contribution in [0.15, 0.2) is 24.4 Å². The van der Waals surface area contributed by atoms with E-state index in [1.165, 1.54) is 0 Å². The van der Waals surface area contributed by atoms with Crippen LogP contribution in [0.2, 0.25) is 0 Å². The van der Waals surface area contributed by atoms with Crippen LogP contribution >= 0.6 is 0 Å². The van der Waals surface area contributed by atoms with Crippen molar-refractivity contribution in [3.63, 3.8) is 0 Å². The van der Waals surface area contributed by atoms with E-state index in [0.29, 0.717) is 11.4 Å². The largest absolute Gasteiger partial charge is 0.384 e. The van der Waals surface area contributed by atoms with Gasteiger partial charge in [-0.25, -0.2) is 4.98 Å². The number of hydrogen-bond donors (Lipinski definition) is 2. The summed E-state index contributed by atoms with van der Waals surface area (Å²) in [5, 5.41) is 4.55. The number of nitrogen functional groups attached to an aromatic ring is 1. The fourth-order valence-electron chi connectivity index (χ4n) is 1.73. The van der Waals surface area contributed by atoms with E-state index < -0.39 is 0 Å². The van der Waals surface area contributed by atoms with E-state index in [4.69, 9.17) is 5.73 Å². The zero-order valence-corrected chi connectivity index (χ0v) is 9.24. The molecule has 0 aliphatic carbocycles. The van der Waals surface area contributed by atoms with E-state index in [9.17, 15) is 4.79 Å². The molecular formula is C12H13N3O. The molecule has 0 aliphatic heterocycles. The van der Waals surface area contributed by atoms with E-state index in [0.717, 1.165) is 16.3 Å². The van der Waals surface area contributed by atoms with Crippen LogP contribution in [-0.4, -0.2) is 17.9 Å². The Kier molecular flexibility index (Phi) is 2.48. The average Bonchev–Trinajstić information content (AvgIpc) is 2.27. The summed E-state index contributed by atoms with van der Waals surface area (Å²) in [7, 11) is 1.61. The van der Waals surface area contributed by atoms with Crippen LogP contribution < -0.4 is 11.1 Å². The van der Waals surface area contributed by atoms with Gasteiger partial charge in [-0.2, -0.15) is 0 Å². The summed E-state index contributed by atoms with van der Waals surface area (Å²) in [6, 6.07) is 5.44. The predicted molar refractivity (Wildman–Crippen MR) is 64.3 cm³/mol. The number of carbonyl (C=O) groups is 1. The maximum atomic E-state index is 11.5. The molecule has 2 rings (SSSR count). The van der Waals surface area contributed by atoms with Crippen molar-refractivity contribution in [3.8, 4) is 0 Å². The van der Waals surface area contributed by atoms with Gasteiger partial charge in [-0.1, -0.05) is 0 Å². The number of aryl methyl sites for hydroxylation is 1. The van der Waals surface area contributed by atoms with Crippen molar-refractivity contribution in [2.75, 3.05) is 12.8 Å². The number of benzene rings is 1. The van der Waals surface area contributed by atoms with E-state index >= 15 is 0 Å². The van der Waals surface area contributed by atoms with E-state index in [-0.39, 0.29) is 5.91 Å². The molecule has 1 amide bonds. The second-order valence-electron chi connectivity index (χ2n) is 3.70. The highest BCUT2D eigenvalue weighted by Gasteiger charge is 2.07. The van der Waals surface area contributed by atoms with Gasteiger partial charge in [0.25, 0.3) is 5.91 Å². The maximum Gasteiger partial charge on any atom is 0.251 e. The molecule has 0 aliphatic rings. The number of aromatic nitrogens is 1. The number of hydrogen-bond acceptors (Lipinski definition) is 3. The zero-order chi connectivity index (χ0) is 11.7. The third-order valence-corrected chi connectivity index (χ3v) is 2.55. The minimum absolute atomic E-state index is 0.0969. The van der Waals surface area contributed by atoms with Gasteiger partial charge < -0.3 is 11.1 Å². The Hall–Kier alpha value is -2.10. The van der Waals surface area contributed by atoms with Gasteiger partial charge in [-0.3, -0.25) is 4.79 Å². The third kappa shape index (κ3) is 1.69. The first kappa shape index (κ1) is 10.4. The molecule has 16 heavy (non-hydrogen) atoms. The highest BCUT2D eigenvalue weighted by molar-refractivity contribution is 5.99. The topological polar surface area (TPSA) is 68.0 Å². The monoisotopic (exact) mass is 215 g/mol. The van der Waals surface area contributed by atoms with Crippen LogP contribution in [-0.2, 0) is 0 Å². The predicted octanol–water partition coefficient (Wildman–Crippen LogP) is 1.49. The lowest BCUT2D eigenvalue weighted by Gasteiger charge is -2.06. The number of pyridine rings is 1. The van der Waals surface area contributed by atoms with Gasteiger partial charge in [0.05, 0.1) is 0 Å². The molecule has 0 atom stereocenters. The third-order valence-electron chi connectivity index (χ3n) is 2.55. The molecule has 0 spiro atoms. The Morgan fingerprint density at radius 2 is 2.12 bits per heavy atom. The lowest BCUT2D eigenvalue weighted by Crippen LogP contribution is -2.17. The van der Waals surface area contributed by atoms with Crippen molar-refractivity contribution in [1.82, 2.24) is 10.3 Å². The first-order valence-electron chi connectivity index (χ1n) is 5.00. The number of fused-ring (bicyclic) bond motifs is 1. The maximum absolute atomic E-state index is 11.5. The fraction of sp³-hybridized carbons (Fsp3) is 0.167. The van der Waals surface area contributed by atoms with Crippen LogP contribution in [0.1, 0.15) is 15.9 Å². The van der Waals surface area contributed by atoms with Crippen molar-refractivity contribution in [2.24, 2.45) is 0 Å². The van der Waals surface area contributed by atoms with Crippen molar-refractivity contribution in [3.05, 3.63) is 35.5 Å². The molecule has 0 saturated heterocycles. The fourth-order valence-corrected chi connectivity index (χ4v) is 1.73. The molecule has 0 saturated carbocycles. The summed E-state index contributed by atoms with van der Waals surface area (Å²) in [4.78, 5) is 15.6. The lowest BCUT2D eigenvalue weighted by molar-refractivity contribution is 0.0963. The van der Waals surface area contributed by atoms with Gasteiger partial charge in [0.15, 0.2) is 0 Å². The van der Waals surface area contributed by atoms with Crippen LogP contribution in [0.3, 0.4) is 0 Å². The summed E-state index contributed by atoms with van der Waals surface area (Å²) >= 11 is 0. The number of amides is 1. The molecular weight excluding hydrogens is 202 g/mol. The smallest absolute Gasteiger partial charge is 0.251 e. The Morgan fingerprint density at radius 3 is 2.81 bits per heavy atom. The molecule has 0 radical (unpaired) electrons. The Labute approximate surface area is 93.5 Å². The van der Waals surface area contributed by atoms with Gasteiger partial charge in [0.2, 0.25) is 0 Å². The minimum atomic E-state index is -0.0969. The summed E-state index contributed by atoms with van der Waals surface area (Å²) in [5.41, 5.74) is 7.28. The number of rotatable bonds is 1. The summed E-state index contributed by atoms with van der Waals surface area (Å²) < 4.78 is 0. The molecule has 1 heterocycles. The molecule has 3 N–H and O–H groups in total. The normalized spacial score (nSPS) is 10.4. The minimum Gasteiger partial charge on any atom is -0.384 e. The Bertz CT molecular complexity index is 563. The van der Waals surface area contributed by atoms with Crippen LogP contribution in [0.5, 0.6) is 0 Å². The average molecular weight is 215 g/mol. The second-order valence-corrected chi connectivity index (χ2v) is 3.70. The Morgan fingerprint density at radius 1 is 1.38 bits per heavy atom. The summed E-state index contributed by atoms with van der Waals surface area (Å²) in [5.74, 6) is 0.362. The number of anilines is 1. The van der Waals surface area contributed by atoms with Crippen LogP contribution in [0, 0.1) is 6.92 Å². The number of nitrogens with one attached hydrogen (secondary N) is 1. The lowest BCUT2D eigenvalue weighted by atomic mass is 10.0. The quantitative estimate of drug-likeness (QED) is 0.757. The van der Waals surface area contributed by atoms with Gasteiger partial charge in [0.1, 0.15) is 5.82 Å². The first-order chi connectivity index (χ1) is 7.61. The highest BCUT2D eigenvalue weighted by atomic mass is 16.1. The van der Waals surface area contributed by atoms with Gasteiger partial charge >= 0.3 is 0 Å². The highest BCUT2D eigenvalue weighted by Crippen LogP contribution is 2.21. The molecule has 0 bridgehead atoms. The summed E-state index contributed by atoms with van der Waals surface area (Å²) in [6.07, 6.45) is 1.73. The van der Waals surface area contributed by atoms with Crippen molar-refractivity contribution >= 4 is 22.5 Å². The van der Waals surface area contributed by atoms with Gasteiger partial charge in [-0.15, -0.1) is 0 Å². The number of carbonyl (C=O) groups excluding carboxylic acids is 1.